The van der Waals surface area contributed by atoms with Gasteiger partial charge in [-0.05, 0) is 25.9 Å². The van der Waals surface area contributed by atoms with Crippen LogP contribution in [0, 0.1) is 0 Å². The average Bonchev–Trinajstić information content (AvgIpc) is 2.07. The van der Waals surface area contributed by atoms with E-state index in [1.807, 2.05) is 0 Å². The highest BCUT2D eigenvalue weighted by molar-refractivity contribution is 5.70. The van der Waals surface area contributed by atoms with Crippen LogP contribution in [0.25, 0.3) is 0 Å². The van der Waals surface area contributed by atoms with Crippen LogP contribution < -0.4 is 0 Å². The van der Waals surface area contributed by atoms with Crippen LogP contribution in [0.15, 0.2) is 0 Å². The predicted octanol–water partition coefficient (Wildman–Crippen LogP) is 1.38. The monoisotopic (exact) mass is 171 g/mol. The van der Waals surface area contributed by atoms with Crippen LogP contribution >= 0.6 is 0 Å². The molecular formula is C9H17NO2. The van der Waals surface area contributed by atoms with Crippen molar-refractivity contribution in [1.82, 2.24) is 4.90 Å². The van der Waals surface area contributed by atoms with Crippen LogP contribution in [-0.4, -0.2) is 30.2 Å². The number of nitrogens with zero attached hydrogens (tertiary/aromatic N) is 1. The van der Waals surface area contributed by atoms with Gasteiger partial charge in [-0.25, -0.2) is 0 Å². The third kappa shape index (κ3) is 2.21. The first-order chi connectivity index (χ1) is 5.77. The summed E-state index contributed by atoms with van der Waals surface area (Å²) in [5.41, 5.74) is 0. The molecule has 0 spiro atoms. The molecule has 3 heteroatoms. The van der Waals surface area contributed by atoms with Gasteiger partial charge in [-0.15, -0.1) is 0 Å². The molecule has 1 heterocycles. The lowest BCUT2D eigenvalue weighted by molar-refractivity contribution is -0.165. The second kappa shape index (κ2) is 4.45. The molecule has 0 N–H and O–H groups in total. The van der Waals surface area contributed by atoms with Gasteiger partial charge in [-0.3, -0.25) is 9.69 Å². The van der Waals surface area contributed by atoms with Gasteiger partial charge >= 0.3 is 5.97 Å². The van der Waals surface area contributed by atoms with Gasteiger partial charge in [-0.2, -0.15) is 0 Å². The average molecular weight is 171 g/mol. The minimum atomic E-state index is -0.0434. The normalized spacial score (nSPS) is 24.2. The van der Waals surface area contributed by atoms with E-state index in [9.17, 15) is 4.79 Å². The van der Waals surface area contributed by atoms with Crippen LogP contribution in [0.2, 0.25) is 0 Å². The fraction of sp³-hybridized carbons (Fsp3) is 0.889. The molecule has 1 saturated heterocycles. The van der Waals surface area contributed by atoms with E-state index in [1.165, 1.54) is 0 Å². The Balaban J connectivity index is 2.43. The highest BCUT2D eigenvalue weighted by Crippen LogP contribution is 2.16. The summed E-state index contributed by atoms with van der Waals surface area (Å²) in [5, 5.41) is 0. The zero-order chi connectivity index (χ0) is 8.97. The molecule has 0 aromatic carbocycles. The van der Waals surface area contributed by atoms with Gasteiger partial charge in [0.05, 0.1) is 0 Å². The Kier molecular flexibility index (Phi) is 3.53. The zero-order valence-corrected chi connectivity index (χ0v) is 7.88. The summed E-state index contributed by atoms with van der Waals surface area (Å²) in [7, 11) is 0. The van der Waals surface area contributed by atoms with Crippen molar-refractivity contribution in [2.45, 2.75) is 39.3 Å². The highest BCUT2D eigenvalue weighted by Gasteiger charge is 2.23. The Labute approximate surface area is 73.7 Å². The number of esters is 1. The molecule has 1 aliphatic heterocycles. The van der Waals surface area contributed by atoms with E-state index in [-0.39, 0.29) is 12.2 Å². The minimum absolute atomic E-state index is 0.0428. The molecular weight excluding hydrogens is 154 g/mol. The highest BCUT2D eigenvalue weighted by atomic mass is 16.6. The molecule has 1 unspecified atom stereocenters. The van der Waals surface area contributed by atoms with Gasteiger partial charge in [0.1, 0.15) is 0 Å². The van der Waals surface area contributed by atoms with Gasteiger partial charge in [0, 0.05) is 6.42 Å². The standard InChI is InChI=1S/C9H17NO2/c1-3-10(4-2)8-6-5-7-9(11)12-8/h8H,3-7H2,1-2H3. The third-order valence-corrected chi connectivity index (χ3v) is 2.32. The minimum Gasteiger partial charge on any atom is -0.446 e. The van der Waals surface area contributed by atoms with Crippen molar-refractivity contribution in [3.05, 3.63) is 0 Å². The van der Waals surface area contributed by atoms with E-state index in [2.05, 4.69) is 18.7 Å². The number of carbonyl (C=O) groups is 1. The van der Waals surface area contributed by atoms with Crippen LogP contribution in [0.3, 0.4) is 0 Å². The molecule has 0 aromatic rings. The molecule has 70 valence electrons. The molecule has 1 fully saturated rings. The summed E-state index contributed by atoms with van der Waals surface area (Å²) in [6, 6.07) is 0. The first-order valence-corrected chi connectivity index (χ1v) is 4.71. The molecule has 3 nitrogen and oxygen atoms in total. The number of hydrogen-bond donors (Lipinski definition) is 0. The van der Waals surface area contributed by atoms with E-state index in [0.717, 1.165) is 25.9 Å². The van der Waals surface area contributed by atoms with Crippen molar-refractivity contribution in [2.75, 3.05) is 13.1 Å². The largest absolute Gasteiger partial charge is 0.446 e. The number of carbonyl (C=O) groups excluding carboxylic acids is 1. The molecule has 1 aliphatic rings. The molecule has 1 atom stereocenters. The first-order valence-electron chi connectivity index (χ1n) is 4.71. The van der Waals surface area contributed by atoms with E-state index in [0.29, 0.717) is 6.42 Å². The number of rotatable bonds is 3. The first kappa shape index (κ1) is 9.52. The molecule has 12 heavy (non-hydrogen) atoms. The summed E-state index contributed by atoms with van der Waals surface area (Å²) in [6.45, 7) is 6.08. The topological polar surface area (TPSA) is 29.5 Å². The Morgan fingerprint density at radius 2 is 2.17 bits per heavy atom. The van der Waals surface area contributed by atoms with Gasteiger partial charge in [0.25, 0.3) is 0 Å². The van der Waals surface area contributed by atoms with Crippen molar-refractivity contribution in [3.63, 3.8) is 0 Å². The summed E-state index contributed by atoms with van der Waals surface area (Å²) in [5.74, 6) is -0.0434. The number of cyclic esters (lactones) is 1. The van der Waals surface area contributed by atoms with Crippen molar-refractivity contribution in [3.8, 4) is 0 Å². The Morgan fingerprint density at radius 1 is 1.50 bits per heavy atom. The molecule has 0 saturated carbocycles. The molecule has 0 radical (unpaired) electrons. The molecule has 1 rings (SSSR count). The number of ether oxygens (including phenoxy) is 1. The van der Waals surface area contributed by atoms with E-state index in [4.69, 9.17) is 4.74 Å². The fourth-order valence-corrected chi connectivity index (χ4v) is 1.58. The maximum Gasteiger partial charge on any atom is 0.307 e. The quantitative estimate of drug-likeness (QED) is 0.601. The van der Waals surface area contributed by atoms with Gasteiger partial charge in [-0.1, -0.05) is 13.8 Å². The summed E-state index contributed by atoms with van der Waals surface area (Å²) in [4.78, 5) is 13.1. The van der Waals surface area contributed by atoms with Gasteiger partial charge in [0.2, 0.25) is 0 Å². The Hall–Kier alpha value is -0.570. The molecule has 0 amide bonds. The fourth-order valence-electron chi connectivity index (χ4n) is 1.58. The van der Waals surface area contributed by atoms with Crippen LogP contribution in [0.1, 0.15) is 33.1 Å². The maximum atomic E-state index is 11.0. The lowest BCUT2D eigenvalue weighted by Gasteiger charge is -2.31. The summed E-state index contributed by atoms with van der Waals surface area (Å²) >= 11 is 0. The van der Waals surface area contributed by atoms with E-state index in [1.54, 1.807) is 0 Å². The molecule has 0 aromatic heterocycles. The van der Waals surface area contributed by atoms with Crippen LogP contribution in [0.5, 0.6) is 0 Å². The van der Waals surface area contributed by atoms with Crippen LogP contribution in [-0.2, 0) is 9.53 Å². The second-order valence-corrected chi connectivity index (χ2v) is 3.06. The number of hydrogen-bond acceptors (Lipinski definition) is 3. The van der Waals surface area contributed by atoms with Crippen molar-refractivity contribution in [2.24, 2.45) is 0 Å². The maximum absolute atomic E-state index is 11.0. The Morgan fingerprint density at radius 3 is 2.67 bits per heavy atom. The Bertz CT molecular complexity index is 155. The van der Waals surface area contributed by atoms with Crippen molar-refractivity contribution < 1.29 is 9.53 Å². The third-order valence-electron chi connectivity index (χ3n) is 2.32. The van der Waals surface area contributed by atoms with Gasteiger partial charge in [0.15, 0.2) is 6.23 Å². The smallest absolute Gasteiger partial charge is 0.307 e. The van der Waals surface area contributed by atoms with Crippen molar-refractivity contribution in [1.29, 1.82) is 0 Å². The molecule has 0 aliphatic carbocycles. The predicted molar refractivity (Wildman–Crippen MR) is 46.7 cm³/mol. The molecule has 0 bridgehead atoms. The van der Waals surface area contributed by atoms with Crippen molar-refractivity contribution >= 4 is 5.97 Å². The van der Waals surface area contributed by atoms with Crippen LogP contribution in [0.4, 0.5) is 0 Å². The summed E-state index contributed by atoms with van der Waals surface area (Å²) in [6.07, 6.45) is 2.60. The lowest BCUT2D eigenvalue weighted by atomic mass is 10.1. The van der Waals surface area contributed by atoms with Gasteiger partial charge < -0.3 is 4.74 Å². The zero-order valence-electron chi connectivity index (χ0n) is 7.88. The van der Waals surface area contributed by atoms with E-state index < -0.39 is 0 Å². The van der Waals surface area contributed by atoms with E-state index >= 15 is 0 Å². The lowest BCUT2D eigenvalue weighted by Crippen LogP contribution is -2.40. The SMILES string of the molecule is CCN(CC)C1CCCC(=O)O1. The second-order valence-electron chi connectivity index (χ2n) is 3.06. The summed E-state index contributed by atoms with van der Waals surface area (Å²) < 4.78 is 5.22.